The van der Waals surface area contributed by atoms with Gasteiger partial charge in [0.25, 0.3) is 0 Å². The Balaban J connectivity index is 1.77. The smallest absolute Gasteiger partial charge is 0.133 e. The zero-order chi connectivity index (χ0) is 12.1. The van der Waals surface area contributed by atoms with E-state index in [-0.39, 0.29) is 0 Å². The molecule has 0 bridgehead atoms. The van der Waals surface area contributed by atoms with Crippen LogP contribution in [0.2, 0.25) is 0 Å². The topological polar surface area (TPSA) is 21.3 Å². The fraction of sp³-hybridized carbons (Fsp3) is 0.571. The van der Waals surface area contributed by atoms with Crippen LogP contribution in [0.5, 0.6) is 5.75 Å². The molecular formula is C14H20BrNO. The summed E-state index contributed by atoms with van der Waals surface area (Å²) in [6, 6.07) is 6.86. The lowest BCUT2D eigenvalue weighted by molar-refractivity contribution is 0.267. The predicted octanol–water partition coefficient (Wildman–Crippen LogP) is 3.67. The highest BCUT2D eigenvalue weighted by Crippen LogP contribution is 2.26. The van der Waals surface area contributed by atoms with E-state index in [1.165, 1.54) is 31.4 Å². The molecule has 94 valence electrons. The van der Waals surface area contributed by atoms with Gasteiger partial charge in [0.2, 0.25) is 0 Å². The molecule has 0 radical (unpaired) electrons. The van der Waals surface area contributed by atoms with Crippen molar-refractivity contribution < 1.29 is 4.74 Å². The molecule has 3 heteroatoms. The van der Waals surface area contributed by atoms with Crippen molar-refractivity contribution in [2.45, 2.75) is 38.6 Å². The van der Waals surface area contributed by atoms with Crippen LogP contribution >= 0.6 is 15.9 Å². The van der Waals surface area contributed by atoms with Crippen LogP contribution in [0, 0.1) is 6.92 Å². The monoisotopic (exact) mass is 297 g/mol. The van der Waals surface area contributed by atoms with Crippen LogP contribution in [0.3, 0.4) is 0 Å². The molecule has 1 N–H and O–H groups in total. The summed E-state index contributed by atoms with van der Waals surface area (Å²) in [6.07, 6.45) is 5.06. The fourth-order valence-electron chi connectivity index (χ4n) is 2.20. The number of aryl methyl sites for hydroxylation is 1. The van der Waals surface area contributed by atoms with Crippen LogP contribution in [-0.4, -0.2) is 19.2 Å². The molecule has 1 aliphatic heterocycles. The van der Waals surface area contributed by atoms with E-state index in [9.17, 15) is 0 Å². The van der Waals surface area contributed by atoms with Crippen LogP contribution in [0.4, 0.5) is 0 Å². The number of ether oxygens (including phenoxy) is 1. The van der Waals surface area contributed by atoms with Crippen molar-refractivity contribution in [3.8, 4) is 5.75 Å². The maximum Gasteiger partial charge on any atom is 0.133 e. The van der Waals surface area contributed by atoms with Gasteiger partial charge >= 0.3 is 0 Å². The fourth-order valence-corrected chi connectivity index (χ4v) is 2.81. The van der Waals surface area contributed by atoms with E-state index < -0.39 is 0 Å². The molecule has 0 amide bonds. The summed E-state index contributed by atoms with van der Waals surface area (Å²) in [5.74, 6) is 0.950. The Labute approximate surface area is 112 Å². The first-order valence-corrected chi connectivity index (χ1v) is 7.17. The molecular weight excluding hydrogens is 278 g/mol. The number of hydrogen-bond acceptors (Lipinski definition) is 2. The summed E-state index contributed by atoms with van der Waals surface area (Å²) in [5.41, 5.74) is 1.25. The van der Waals surface area contributed by atoms with Gasteiger partial charge in [0, 0.05) is 6.04 Å². The van der Waals surface area contributed by atoms with E-state index in [0.717, 1.165) is 23.2 Å². The highest BCUT2D eigenvalue weighted by atomic mass is 79.9. The van der Waals surface area contributed by atoms with Crippen molar-refractivity contribution in [1.82, 2.24) is 5.32 Å². The second-order valence-corrected chi connectivity index (χ2v) is 5.57. The lowest BCUT2D eigenvalue weighted by Gasteiger charge is -2.23. The van der Waals surface area contributed by atoms with Crippen LogP contribution in [0.15, 0.2) is 22.7 Å². The Kier molecular flexibility index (Phi) is 4.86. The van der Waals surface area contributed by atoms with Gasteiger partial charge in [-0.25, -0.2) is 0 Å². The van der Waals surface area contributed by atoms with E-state index in [4.69, 9.17) is 4.74 Å². The molecule has 2 nitrogen and oxygen atoms in total. The number of halogens is 1. The van der Waals surface area contributed by atoms with Crippen molar-refractivity contribution in [1.29, 1.82) is 0 Å². The quantitative estimate of drug-likeness (QED) is 0.916. The normalized spacial score (nSPS) is 20.2. The minimum absolute atomic E-state index is 0.646. The van der Waals surface area contributed by atoms with Crippen molar-refractivity contribution in [3.05, 3.63) is 28.2 Å². The minimum Gasteiger partial charge on any atom is -0.492 e. The van der Waals surface area contributed by atoms with Gasteiger partial charge in [-0.05, 0) is 66.4 Å². The molecule has 1 heterocycles. The first-order chi connectivity index (χ1) is 8.25. The van der Waals surface area contributed by atoms with Crippen molar-refractivity contribution in [3.63, 3.8) is 0 Å². The summed E-state index contributed by atoms with van der Waals surface area (Å²) in [4.78, 5) is 0. The van der Waals surface area contributed by atoms with Gasteiger partial charge in [0.05, 0.1) is 11.1 Å². The lowest BCUT2D eigenvalue weighted by Crippen LogP contribution is -2.35. The Hall–Kier alpha value is -0.540. The highest BCUT2D eigenvalue weighted by Gasteiger charge is 2.12. The maximum atomic E-state index is 5.81. The molecule has 1 aromatic carbocycles. The lowest BCUT2D eigenvalue weighted by atomic mass is 10.0. The molecule has 17 heavy (non-hydrogen) atoms. The van der Waals surface area contributed by atoms with Gasteiger partial charge in [0.1, 0.15) is 5.75 Å². The number of rotatable bonds is 4. The van der Waals surface area contributed by atoms with Gasteiger partial charge in [-0.15, -0.1) is 0 Å². The average molecular weight is 298 g/mol. The summed E-state index contributed by atoms with van der Waals surface area (Å²) < 4.78 is 6.86. The first-order valence-electron chi connectivity index (χ1n) is 6.38. The zero-order valence-corrected chi connectivity index (χ0v) is 11.9. The second kappa shape index (κ2) is 6.41. The van der Waals surface area contributed by atoms with Gasteiger partial charge in [0.15, 0.2) is 0 Å². The summed E-state index contributed by atoms with van der Waals surface area (Å²) in [7, 11) is 0. The molecule has 1 fully saturated rings. The Morgan fingerprint density at radius 1 is 1.41 bits per heavy atom. The molecule has 1 aromatic rings. The number of nitrogens with one attached hydrogen (secondary N) is 1. The van der Waals surface area contributed by atoms with Gasteiger partial charge in [-0.3, -0.25) is 0 Å². The van der Waals surface area contributed by atoms with Crippen molar-refractivity contribution in [2.75, 3.05) is 13.2 Å². The molecule has 1 aliphatic rings. The Bertz CT molecular complexity index is 361. The summed E-state index contributed by atoms with van der Waals surface area (Å²) in [6.45, 7) is 4.04. The van der Waals surface area contributed by atoms with Crippen LogP contribution < -0.4 is 10.1 Å². The third kappa shape index (κ3) is 4.00. The first kappa shape index (κ1) is 12.9. The maximum absolute atomic E-state index is 5.81. The van der Waals surface area contributed by atoms with E-state index in [2.05, 4.69) is 40.3 Å². The largest absolute Gasteiger partial charge is 0.492 e. The van der Waals surface area contributed by atoms with E-state index in [0.29, 0.717) is 6.04 Å². The van der Waals surface area contributed by atoms with E-state index >= 15 is 0 Å². The molecule has 1 saturated heterocycles. The molecule has 0 saturated carbocycles. The van der Waals surface area contributed by atoms with Gasteiger partial charge in [-0.1, -0.05) is 12.5 Å². The van der Waals surface area contributed by atoms with E-state index in [1.54, 1.807) is 0 Å². The van der Waals surface area contributed by atoms with Crippen molar-refractivity contribution in [2.24, 2.45) is 0 Å². The van der Waals surface area contributed by atoms with E-state index in [1.807, 2.05) is 6.07 Å². The highest BCUT2D eigenvalue weighted by molar-refractivity contribution is 9.10. The molecule has 0 unspecified atom stereocenters. The molecule has 1 atom stereocenters. The van der Waals surface area contributed by atoms with Gasteiger partial charge < -0.3 is 10.1 Å². The number of benzene rings is 1. The molecule has 2 rings (SSSR count). The summed E-state index contributed by atoms with van der Waals surface area (Å²) >= 11 is 3.53. The van der Waals surface area contributed by atoms with Crippen LogP contribution in [0.25, 0.3) is 0 Å². The predicted molar refractivity (Wildman–Crippen MR) is 74.6 cm³/mol. The molecule has 0 aliphatic carbocycles. The van der Waals surface area contributed by atoms with Gasteiger partial charge in [-0.2, -0.15) is 0 Å². The standard InChI is InChI=1S/C14H20BrNO/c1-11-5-6-14(13(15)10-11)17-9-7-12-4-2-3-8-16-12/h5-6,10,12,16H,2-4,7-9H2,1H3/t12-/m0/s1. The third-order valence-corrected chi connectivity index (χ3v) is 3.84. The zero-order valence-electron chi connectivity index (χ0n) is 10.3. The molecule has 0 spiro atoms. The SMILES string of the molecule is Cc1ccc(OCC[C@@H]2CCCCN2)c(Br)c1. The third-order valence-electron chi connectivity index (χ3n) is 3.22. The number of piperidine rings is 1. The summed E-state index contributed by atoms with van der Waals surface area (Å²) in [5, 5.41) is 3.54. The average Bonchev–Trinajstić information content (AvgIpc) is 2.33. The minimum atomic E-state index is 0.646. The van der Waals surface area contributed by atoms with Crippen LogP contribution in [0.1, 0.15) is 31.2 Å². The van der Waals surface area contributed by atoms with Crippen LogP contribution in [-0.2, 0) is 0 Å². The Morgan fingerprint density at radius 3 is 3.00 bits per heavy atom. The number of hydrogen-bond donors (Lipinski definition) is 1. The Morgan fingerprint density at radius 2 is 2.29 bits per heavy atom. The second-order valence-electron chi connectivity index (χ2n) is 4.72. The molecule has 0 aromatic heterocycles. The van der Waals surface area contributed by atoms with Crippen molar-refractivity contribution >= 4 is 15.9 Å².